The molecule has 1 saturated carbocycles. The first-order valence-corrected chi connectivity index (χ1v) is 10.3. The average molecular weight is 400 g/mol. The van der Waals surface area contributed by atoms with E-state index in [0.717, 1.165) is 29.8 Å². The van der Waals surface area contributed by atoms with Gasteiger partial charge in [0.25, 0.3) is 0 Å². The number of methoxy groups -OCH3 is 2. The molecular weight excluding hydrogens is 376 g/mol. The Morgan fingerprint density at radius 2 is 1.87 bits per heavy atom. The summed E-state index contributed by atoms with van der Waals surface area (Å²) >= 11 is 0. The first kappa shape index (κ1) is 18.7. The molecule has 2 unspecified atom stereocenters. The minimum atomic E-state index is 0.0164. The lowest BCUT2D eigenvalue weighted by atomic mass is 9.90. The van der Waals surface area contributed by atoms with Crippen molar-refractivity contribution in [2.45, 2.75) is 18.8 Å². The lowest BCUT2D eigenvalue weighted by molar-refractivity contribution is -0.126. The van der Waals surface area contributed by atoms with Gasteiger partial charge in [-0.2, -0.15) is 0 Å². The van der Waals surface area contributed by atoms with Gasteiger partial charge in [0.2, 0.25) is 5.91 Å². The van der Waals surface area contributed by atoms with Crippen molar-refractivity contribution in [3.63, 3.8) is 0 Å². The third-order valence-electron chi connectivity index (χ3n) is 6.18. The second-order valence-corrected chi connectivity index (χ2v) is 7.88. The molecule has 0 radical (unpaired) electrons. The van der Waals surface area contributed by atoms with Gasteiger partial charge in [0.15, 0.2) is 11.5 Å². The maximum absolute atomic E-state index is 13.4. The summed E-state index contributed by atoms with van der Waals surface area (Å²) in [5.74, 6) is 2.72. The fraction of sp³-hybridized carbons (Fsp3) is 0.280. The van der Waals surface area contributed by atoms with Crippen LogP contribution in [-0.4, -0.2) is 30.9 Å². The SMILES string of the molecule is COc1ccc(C2=CN(C(=O)[C@@H]3CC3c3ccccc3)C3=NC=CCC23)cc1OC. The van der Waals surface area contributed by atoms with Crippen molar-refractivity contribution < 1.29 is 14.3 Å². The van der Waals surface area contributed by atoms with E-state index >= 15 is 0 Å². The Morgan fingerprint density at radius 1 is 1.07 bits per heavy atom. The summed E-state index contributed by atoms with van der Waals surface area (Å²) in [5.41, 5.74) is 3.34. The fourth-order valence-corrected chi connectivity index (χ4v) is 4.50. The number of hydrogen-bond donors (Lipinski definition) is 0. The van der Waals surface area contributed by atoms with Crippen LogP contribution in [0.1, 0.15) is 29.9 Å². The summed E-state index contributed by atoms with van der Waals surface area (Å²) in [5, 5.41) is 0. The molecule has 5 nitrogen and oxygen atoms in total. The molecule has 0 bridgehead atoms. The van der Waals surface area contributed by atoms with E-state index in [2.05, 4.69) is 23.2 Å². The van der Waals surface area contributed by atoms with Crippen LogP contribution in [0.25, 0.3) is 5.57 Å². The number of amidine groups is 1. The molecular formula is C25H24N2O3. The third-order valence-corrected chi connectivity index (χ3v) is 6.18. The molecule has 3 atom stereocenters. The van der Waals surface area contributed by atoms with Gasteiger partial charge in [-0.15, -0.1) is 0 Å². The zero-order valence-electron chi connectivity index (χ0n) is 17.1. The van der Waals surface area contributed by atoms with Gasteiger partial charge in [-0.05, 0) is 47.6 Å². The van der Waals surface area contributed by atoms with Crippen molar-refractivity contribution in [3.8, 4) is 11.5 Å². The summed E-state index contributed by atoms with van der Waals surface area (Å²) in [6.07, 6.45) is 7.56. The molecule has 2 heterocycles. The van der Waals surface area contributed by atoms with Crippen molar-refractivity contribution in [1.29, 1.82) is 0 Å². The van der Waals surface area contributed by atoms with Crippen LogP contribution in [0.15, 0.2) is 72.0 Å². The minimum Gasteiger partial charge on any atom is -0.493 e. The lowest BCUT2D eigenvalue weighted by Gasteiger charge is -2.21. The van der Waals surface area contributed by atoms with Crippen molar-refractivity contribution in [1.82, 2.24) is 4.90 Å². The highest BCUT2D eigenvalue weighted by Gasteiger charge is 2.48. The molecule has 2 aromatic carbocycles. The number of hydrogen-bond acceptors (Lipinski definition) is 4. The molecule has 152 valence electrons. The topological polar surface area (TPSA) is 51.1 Å². The van der Waals surface area contributed by atoms with Crippen molar-refractivity contribution >= 4 is 17.3 Å². The monoisotopic (exact) mass is 400 g/mol. The van der Waals surface area contributed by atoms with E-state index in [1.165, 1.54) is 5.56 Å². The number of nitrogens with zero attached hydrogens (tertiary/aromatic N) is 2. The fourth-order valence-electron chi connectivity index (χ4n) is 4.50. The molecule has 5 rings (SSSR count). The van der Waals surface area contributed by atoms with Gasteiger partial charge in [-0.1, -0.05) is 42.5 Å². The first-order chi connectivity index (χ1) is 14.7. The molecule has 1 aliphatic carbocycles. The molecule has 0 saturated heterocycles. The Labute approximate surface area is 176 Å². The number of carbonyl (C=O) groups is 1. The number of rotatable bonds is 5. The van der Waals surface area contributed by atoms with E-state index in [1.807, 2.05) is 42.6 Å². The van der Waals surface area contributed by atoms with Crippen molar-refractivity contribution in [2.75, 3.05) is 14.2 Å². The van der Waals surface area contributed by atoms with E-state index in [1.54, 1.807) is 25.3 Å². The van der Waals surface area contributed by atoms with E-state index in [-0.39, 0.29) is 17.7 Å². The number of aliphatic imine (C=N–C) groups is 1. The zero-order valence-corrected chi connectivity index (χ0v) is 17.1. The molecule has 1 fully saturated rings. The highest BCUT2D eigenvalue weighted by Crippen LogP contribution is 2.50. The predicted octanol–water partition coefficient (Wildman–Crippen LogP) is 4.62. The Kier molecular flexibility index (Phi) is 4.66. The summed E-state index contributed by atoms with van der Waals surface area (Å²) in [4.78, 5) is 19.8. The minimum absolute atomic E-state index is 0.0164. The zero-order chi connectivity index (χ0) is 20.7. The van der Waals surface area contributed by atoms with Gasteiger partial charge in [-0.25, -0.2) is 4.99 Å². The van der Waals surface area contributed by atoms with Gasteiger partial charge in [0.05, 0.1) is 14.2 Å². The van der Waals surface area contributed by atoms with Gasteiger partial charge in [-0.3, -0.25) is 9.69 Å². The van der Waals surface area contributed by atoms with Crippen LogP contribution >= 0.6 is 0 Å². The number of allylic oxidation sites excluding steroid dienone is 1. The van der Waals surface area contributed by atoms with E-state index < -0.39 is 0 Å². The summed E-state index contributed by atoms with van der Waals surface area (Å²) in [7, 11) is 3.26. The largest absolute Gasteiger partial charge is 0.493 e. The van der Waals surface area contributed by atoms with E-state index in [4.69, 9.17) is 9.47 Å². The van der Waals surface area contributed by atoms with Crippen LogP contribution in [-0.2, 0) is 4.79 Å². The normalized spacial score (nSPS) is 24.1. The molecule has 2 aromatic rings. The highest BCUT2D eigenvalue weighted by atomic mass is 16.5. The first-order valence-electron chi connectivity index (χ1n) is 10.3. The maximum Gasteiger partial charge on any atom is 0.235 e. The molecule has 0 N–H and O–H groups in total. The average Bonchev–Trinajstić information content (AvgIpc) is 3.52. The molecule has 5 heteroatoms. The molecule has 2 aliphatic heterocycles. The Morgan fingerprint density at radius 3 is 2.63 bits per heavy atom. The van der Waals surface area contributed by atoms with E-state index in [0.29, 0.717) is 17.4 Å². The third kappa shape index (κ3) is 3.11. The molecule has 1 amide bonds. The van der Waals surface area contributed by atoms with Crippen LogP contribution in [0, 0.1) is 11.8 Å². The smallest absolute Gasteiger partial charge is 0.235 e. The van der Waals surface area contributed by atoms with Crippen molar-refractivity contribution in [2.24, 2.45) is 16.8 Å². The Balaban J connectivity index is 1.45. The quantitative estimate of drug-likeness (QED) is 0.736. The van der Waals surface area contributed by atoms with Crippen LogP contribution < -0.4 is 9.47 Å². The number of amides is 1. The predicted molar refractivity (Wildman–Crippen MR) is 116 cm³/mol. The molecule has 30 heavy (non-hydrogen) atoms. The lowest BCUT2D eigenvalue weighted by Crippen LogP contribution is -2.34. The summed E-state index contributed by atoms with van der Waals surface area (Å²) in [6.45, 7) is 0. The van der Waals surface area contributed by atoms with Gasteiger partial charge in [0.1, 0.15) is 5.84 Å². The van der Waals surface area contributed by atoms with Crippen LogP contribution in [0.5, 0.6) is 11.5 Å². The molecule has 0 spiro atoms. The number of carbonyl (C=O) groups excluding carboxylic acids is 1. The van der Waals surface area contributed by atoms with Gasteiger partial charge in [0, 0.05) is 24.2 Å². The van der Waals surface area contributed by atoms with Crippen LogP contribution in [0.3, 0.4) is 0 Å². The Bertz CT molecular complexity index is 1070. The second-order valence-electron chi connectivity index (χ2n) is 7.88. The summed E-state index contributed by atoms with van der Waals surface area (Å²) < 4.78 is 10.9. The van der Waals surface area contributed by atoms with E-state index in [9.17, 15) is 4.79 Å². The van der Waals surface area contributed by atoms with Crippen LogP contribution in [0.2, 0.25) is 0 Å². The highest BCUT2D eigenvalue weighted by molar-refractivity contribution is 6.11. The van der Waals surface area contributed by atoms with Gasteiger partial charge < -0.3 is 9.47 Å². The molecule has 0 aromatic heterocycles. The van der Waals surface area contributed by atoms with Crippen LogP contribution in [0.4, 0.5) is 0 Å². The number of benzene rings is 2. The maximum atomic E-state index is 13.4. The van der Waals surface area contributed by atoms with Gasteiger partial charge >= 0.3 is 0 Å². The second kappa shape index (κ2) is 7.48. The van der Waals surface area contributed by atoms with Crippen molar-refractivity contribution in [3.05, 3.63) is 78.1 Å². The molecule has 3 aliphatic rings. The summed E-state index contributed by atoms with van der Waals surface area (Å²) in [6, 6.07) is 16.2. The Hall–Kier alpha value is -3.34. The number of fused-ring (bicyclic) bond motifs is 1. The standard InChI is InChI=1S/C25H24N2O3/c1-29-22-11-10-17(13-23(22)30-2)21-15-27(24-18(21)9-6-12-26-24)25(28)20-14-19(20)16-7-4-3-5-8-16/h3-8,10-13,15,18-20H,9,14H2,1-2H3/t18?,19?,20-/m1/s1. The number of ether oxygens (including phenoxy) is 2.